The van der Waals surface area contributed by atoms with Crippen LogP contribution in [0.2, 0.25) is 5.02 Å². The predicted octanol–water partition coefficient (Wildman–Crippen LogP) is 3.34. The van der Waals surface area contributed by atoms with Crippen LogP contribution in [-0.4, -0.2) is 27.3 Å². The molecule has 1 amide bonds. The number of phenolic OH excluding ortho intramolecular Hbond substituents is 1. The maximum atomic E-state index is 12.9. The van der Waals surface area contributed by atoms with Crippen LogP contribution in [0.15, 0.2) is 77.9 Å². The number of carbonyl (C=O) groups excluding carboxylic acids is 1. The van der Waals surface area contributed by atoms with E-state index in [1.807, 2.05) is 0 Å². The number of nitrogens with one attached hydrogen (secondary N) is 1. The number of nitro groups is 1. The minimum absolute atomic E-state index is 0.0114. The van der Waals surface area contributed by atoms with Crippen LogP contribution in [0.3, 0.4) is 0 Å². The molecule has 0 heterocycles. The van der Waals surface area contributed by atoms with Crippen LogP contribution in [0.25, 0.3) is 0 Å². The Morgan fingerprint density at radius 1 is 1.07 bits per heavy atom. The van der Waals surface area contributed by atoms with Crippen molar-refractivity contribution in [2.45, 2.75) is 5.60 Å². The van der Waals surface area contributed by atoms with Crippen molar-refractivity contribution in [3.63, 3.8) is 0 Å². The summed E-state index contributed by atoms with van der Waals surface area (Å²) >= 11 is 5.84. The summed E-state index contributed by atoms with van der Waals surface area (Å²) in [5, 5.41) is 36.0. The number of carbonyl (C=O) groups is 1. The van der Waals surface area contributed by atoms with E-state index in [2.05, 4.69) is 10.5 Å². The number of aromatic hydroxyl groups is 1. The topological polar surface area (TPSA) is 125 Å². The third-order valence-corrected chi connectivity index (χ3v) is 4.58. The SMILES string of the molecule is O=C(N/N=C/c1cc(Cl)cc([N+](=O)[O-])c1O)C(O)(c1ccccc1)c1ccccc1. The van der Waals surface area contributed by atoms with Crippen molar-refractivity contribution in [1.29, 1.82) is 0 Å². The number of hydrogen-bond acceptors (Lipinski definition) is 6. The number of halogens is 1. The van der Waals surface area contributed by atoms with E-state index in [0.29, 0.717) is 11.1 Å². The number of nitro benzene ring substituents is 1. The fraction of sp³-hybridized carbons (Fsp3) is 0.0476. The number of hydrazone groups is 1. The van der Waals surface area contributed by atoms with E-state index in [0.717, 1.165) is 12.3 Å². The van der Waals surface area contributed by atoms with Gasteiger partial charge in [0.05, 0.1) is 11.1 Å². The average Bonchev–Trinajstić information content (AvgIpc) is 2.76. The van der Waals surface area contributed by atoms with E-state index in [1.165, 1.54) is 6.07 Å². The summed E-state index contributed by atoms with van der Waals surface area (Å²) in [6.07, 6.45) is 1.00. The van der Waals surface area contributed by atoms with Gasteiger partial charge in [-0.1, -0.05) is 72.3 Å². The van der Waals surface area contributed by atoms with Gasteiger partial charge < -0.3 is 10.2 Å². The summed E-state index contributed by atoms with van der Waals surface area (Å²) in [6.45, 7) is 0. The smallest absolute Gasteiger partial charge is 0.312 e. The largest absolute Gasteiger partial charge is 0.502 e. The molecule has 0 atom stereocenters. The molecule has 8 nitrogen and oxygen atoms in total. The standard InChI is InChI=1S/C21H16ClN3O5/c22-17-11-14(19(26)18(12-17)25(29)30)13-23-24-20(27)21(28,15-7-3-1-4-8-15)16-9-5-2-6-10-16/h1-13,26,28H,(H,24,27)/b23-13+. The number of hydrogen-bond donors (Lipinski definition) is 3. The minimum Gasteiger partial charge on any atom is -0.502 e. The molecule has 0 bridgehead atoms. The lowest BCUT2D eigenvalue weighted by molar-refractivity contribution is -0.385. The number of benzene rings is 3. The van der Waals surface area contributed by atoms with Gasteiger partial charge in [0.2, 0.25) is 5.75 Å². The molecule has 0 saturated carbocycles. The van der Waals surface area contributed by atoms with Crippen LogP contribution in [0.5, 0.6) is 5.75 Å². The van der Waals surface area contributed by atoms with Gasteiger partial charge in [0.1, 0.15) is 0 Å². The third-order valence-electron chi connectivity index (χ3n) is 4.36. The minimum atomic E-state index is -2.04. The van der Waals surface area contributed by atoms with Crippen molar-refractivity contribution < 1.29 is 19.9 Å². The van der Waals surface area contributed by atoms with Gasteiger partial charge >= 0.3 is 5.69 Å². The number of nitrogens with zero attached hydrogens (tertiary/aromatic N) is 2. The monoisotopic (exact) mass is 425 g/mol. The lowest BCUT2D eigenvalue weighted by atomic mass is 9.85. The van der Waals surface area contributed by atoms with E-state index in [4.69, 9.17) is 11.6 Å². The van der Waals surface area contributed by atoms with Crippen molar-refractivity contribution in [2.24, 2.45) is 5.10 Å². The van der Waals surface area contributed by atoms with Gasteiger partial charge in [-0.25, -0.2) is 5.43 Å². The molecule has 0 saturated heterocycles. The van der Waals surface area contributed by atoms with E-state index < -0.39 is 27.9 Å². The summed E-state index contributed by atoms with van der Waals surface area (Å²) in [6, 6.07) is 18.9. The molecule has 0 radical (unpaired) electrons. The number of amides is 1. The van der Waals surface area contributed by atoms with E-state index in [1.54, 1.807) is 60.7 Å². The molecular weight excluding hydrogens is 410 g/mol. The maximum Gasteiger partial charge on any atom is 0.312 e. The number of aliphatic hydroxyl groups is 1. The highest BCUT2D eigenvalue weighted by Crippen LogP contribution is 2.32. The fourth-order valence-corrected chi connectivity index (χ4v) is 3.09. The molecule has 3 N–H and O–H groups in total. The van der Waals surface area contributed by atoms with Crippen LogP contribution in [0.1, 0.15) is 16.7 Å². The van der Waals surface area contributed by atoms with Gasteiger partial charge in [-0.2, -0.15) is 5.10 Å². The predicted molar refractivity (Wildman–Crippen MR) is 111 cm³/mol. The molecule has 0 aliphatic rings. The van der Waals surface area contributed by atoms with Crippen molar-refractivity contribution in [1.82, 2.24) is 5.43 Å². The lowest BCUT2D eigenvalue weighted by Crippen LogP contribution is -2.43. The van der Waals surface area contributed by atoms with Gasteiger partial charge in [-0.15, -0.1) is 0 Å². The molecule has 0 fully saturated rings. The molecule has 3 aromatic carbocycles. The summed E-state index contributed by atoms with van der Waals surface area (Å²) in [5.74, 6) is -1.50. The third kappa shape index (κ3) is 4.14. The maximum absolute atomic E-state index is 12.9. The number of phenols is 1. The first-order valence-corrected chi connectivity index (χ1v) is 9.05. The molecule has 152 valence electrons. The second kappa shape index (κ2) is 8.73. The van der Waals surface area contributed by atoms with Crippen molar-refractivity contribution in [2.75, 3.05) is 0 Å². The zero-order chi connectivity index (χ0) is 21.7. The summed E-state index contributed by atoms with van der Waals surface area (Å²) < 4.78 is 0. The van der Waals surface area contributed by atoms with Crippen LogP contribution < -0.4 is 5.43 Å². The molecule has 0 spiro atoms. The molecule has 9 heteroatoms. The van der Waals surface area contributed by atoms with Gasteiger partial charge in [0.15, 0.2) is 5.60 Å². The first kappa shape index (κ1) is 21.0. The van der Waals surface area contributed by atoms with Gasteiger partial charge in [0, 0.05) is 16.7 Å². The molecule has 0 aliphatic heterocycles. The van der Waals surface area contributed by atoms with Crippen LogP contribution in [0.4, 0.5) is 5.69 Å². The first-order chi connectivity index (χ1) is 14.3. The Morgan fingerprint density at radius 3 is 2.10 bits per heavy atom. The highest BCUT2D eigenvalue weighted by molar-refractivity contribution is 6.31. The Hall–Kier alpha value is -3.75. The van der Waals surface area contributed by atoms with Crippen LogP contribution in [0, 0.1) is 10.1 Å². The zero-order valence-corrected chi connectivity index (χ0v) is 16.2. The average molecular weight is 426 g/mol. The molecule has 3 rings (SSSR count). The van der Waals surface area contributed by atoms with Gasteiger partial charge in [-0.05, 0) is 17.2 Å². The Balaban J connectivity index is 1.92. The molecule has 0 aliphatic carbocycles. The highest BCUT2D eigenvalue weighted by atomic mass is 35.5. The van der Waals surface area contributed by atoms with Crippen LogP contribution in [-0.2, 0) is 10.4 Å². The fourth-order valence-electron chi connectivity index (χ4n) is 2.87. The second-order valence-corrected chi connectivity index (χ2v) is 6.70. The van der Waals surface area contributed by atoms with Crippen molar-refractivity contribution >= 4 is 29.4 Å². The Kier molecular flexibility index (Phi) is 6.10. The van der Waals surface area contributed by atoms with Gasteiger partial charge in [0.25, 0.3) is 5.91 Å². The molecule has 3 aromatic rings. The van der Waals surface area contributed by atoms with E-state index in [-0.39, 0.29) is 10.6 Å². The summed E-state index contributed by atoms with van der Waals surface area (Å²) in [5.41, 5.74) is 0.161. The highest BCUT2D eigenvalue weighted by Gasteiger charge is 2.39. The van der Waals surface area contributed by atoms with Crippen LogP contribution >= 0.6 is 11.6 Å². The number of rotatable bonds is 6. The second-order valence-electron chi connectivity index (χ2n) is 6.26. The van der Waals surface area contributed by atoms with E-state index >= 15 is 0 Å². The van der Waals surface area contributed by atoms with Crippen molar-refractivity contribution in [3.05, 3.63) is 105 Å². The lowest BCUT2D eigenvalue weighted by Gasteiger charge is -2.27. The Bertz CT molecular complexity index is 1060. The normalized spacial score (nSPS) is 11.4. The zero-order valence-electron chi connectivity index (χ0n) is 15.4. The molecular formula is C21H16ClN3O5. The first-order valence-electron chi connectivity index (χ1n) is 8.68. The van der Waals surface area contributed by atoms with Gasteiger partial charge in [-0.3, -0.25) is 14.9 Å². The summed E-state index contributed by atoms with van der Waals surface area (Å²) in [4.78, 5) is 23.1. The molecule has 0 aromatic heterocycles. The Morgan fingerprint density at radius 2 is 1.60 bits per heavy atom. The molecule has 30 heavy (non-hydrogen) atoms. The molecule has 0 unspecified atom stereocenters. The van der Waals surface area contributed by atoms with Crippen molar-refractivity contribution in [3.8, 4) is 5.75 Å². The van der Waals surface area contributed by atoms with E-state index in [9.17, 15) is 25.1 Å². The summed E-state index contributed by atoms with van der Waals surface area (Å²) in [7, 11) is 0. The quantitative estimate of drug-likeness (QED) is 0.317. The Labute approximate surface area is 176 Å².